The number of pyridine rings is 1. The normalized spacial score (nSPS) is 11.2. The molecular weight excluding hydrogens is 277 g/mol. The van der Waals surface area contributed by atoms with Gasteiger partial charge in [-0.25, -0.2) is 9.78 Å². The lowest BCUT2D eigenvalue weighted by atomic mass is 10.2. The molecule has 1 aromatic heterocycles. The lowest BCUT2D eigenvalue weighted by molar-refractivity contribution is -0.137. The van der Waals surface area contributed by atoms with E-state index in [1.165, 1.54) is 7.11 Å². The Morgan fingerprint density at radius 2 is 2.15 bits per heavy atom. The number of nitrogens with one attached hydrogen (secondary N) is 1. The number of alkyl halides is 3. The molecule has 0 fully saturated rings. The number of rotatable bonds is 6. The zero-order valence-electron chi connectivity index (χ0n) is 11.1. The van der Waals surface area contributed by atoms with Crippen molar-refractivity contribution >= 4 is 11.7 Å². The molecule has 1 rings (SSSR count). The van der Waals surface area contributed by atoms with E-state index >= 15 is 0 Å². The van der Waals surface area contributed by atoms with E-state index in [1.54, 1.807) is 6.92 Å². The maximum Gasteiger partial charge on any atom is 0.417 e. The molecule has 1 N–H and O–H groups in total. The van der Waals surface area contributed by atoms with Gasteiger partial charge in [-0.05, 0) is 13.0 Å². The van der Waals surface area contributed by atoms with Crippen molar-refractivity contribution in [3.63, 3.8) is 0 Å². The van der Waals surface area contributed by atoms with E-state index in [2.05, 4.69) is 10.3 Å². The zero-order chi connectivity index (χ0) is 15.2. The van der Waals surface area contributed by atoms with Crippen molar-refractivity contribution in [1.82, 2.24) is 4.98 Å². The Kier molecular flexibility index (Phi) is 5.75. The summed E-state index contributed by atoms with van der Waals surface area (Å²) in [6.07, 6.45) is -3.92. The van der Waals surface area contributed by atoms with E-state index in [9.17, 15) is 18.0 Å². The van der Waals surface area contributed by atoms with Crippen LogP contribution in [-0.4, -0.2) is 37.8 Å². The van der Waals surface area contributed by atoms with Crippen LogP contribution in [-0.2, 0) is 15.7 Å². The fraction of sp³-hybridized carbons (Fsp3) is 0.500. The average Bonchev–Trinajstić information content (AvgIpc) is 2.38. The van der Waals surface area contributed by atoms with Gasteiger partial charge in [0.25, 0.3) is 0 Å². The van der Waals surface area contributed by atoms with Crippen molar-refractivity contribution in [3.05, 3.63) is 23.5 Å². The van der Waals surface area contributed by atoms with E-state index in [0.29, 0.717) is 6.20 Å². The number of methoxy groups -OCH3 is 1. The Hall–Kier alpha value is -1.83. The number of esters is 1. The highest BCUT2D eigenvalue weighted by Crippen LogP contribution is 2.31. The van der Waals surface area contributed by atoms with Crippen molar-refractivity contribution in [3.8, 4) is 0 Å². The van der Waals surface area contributed by atoms with Gasteiger partial charge in [-0.3, -0.25) is 0 Å². The van der Waals surface area contributed by atoms with Gasteiger partial charge < -0.3 is 14.8 Å². The minimum atomic E-state index is -4.53. The highest BCUT2D eigenvalue weighted by atomic mass is 19.4. The standard InChI is InChI=1S/C12H15F3N2O3/c1-3-20-11(18)10-9(16-4-5-19-2)6-8(7-17-10)12(13,14)15/h6-7,16H,3-5H2,1-2H3. The largest absolute Gasteiger partial charge is 0.461 e. The summed E-state index contributed by atoms with van der Waals surface area (Å²) in [4.78, 5) is 15.2. The number of carbonyl (C=O) groups is 1. The van der Waals surface area contributed by atoms with Crippen LogP contribution in [0.1, 0.15) is 23.0 Å². The predicted molar refractivity (Wildman–Crippen MR) is 65.6 cm³/mol. The van der Waals surface area contributed by atoms with Gasteiger partial charge in [0.1, 0.15) is 0 Å². The van der Waals surface area contributed by atoms with Gasteiger partial charge >= 0.3 is 12.1 Å². The van der Waals surface area contributed by atoms with Crippen LogP contribution in [0.15, 0.2) is 12.3 Å². The summed E-state index contributed by atoms with van der Waals surface area (Å²) in [6.45, 7) is 2.23. The Morgan fingerprint density at radius 1 is 1.45 bits per heavy atom. The Morgan fingerprint density at radius 3 is 2.70 bits per heavy atom. The van der Waals surface area contributed by atoms with Crippen LogP contribution in [0.4, 0.5) is 18.9 Å². The van der Waals surface area contributed by atoms with E-state index in [0.717, 1.165) is 6.07 Å². The summed E-state index contributed by atoms with van der Waals surface area (Å²) < 4.78 is 47.4. The summed E-state index contributed by atoms with van der Waals surface area (Å²) in [7, 11) is 1.46. The number of carbonyl (C=O) groups excluding carboxylic acids is 1. The van der Waals surface area contributed by atoms with Crippen molar-refractivity contribution in [2.24, 2.45) is 0 Å². The molecule has 1 aromatic rings. The van der Waals surface area contributed by atoms with Gasteiger partial charge in [0.2, 0.25) is 0 Å². The molecule has 0 aliphatic heterocycles. The molecular formula is C12H15F3N2O3. The SMILES string of the molecule is CCOC(=O)c1ncc(C(F)(F)F)cc1NCCOC. The molecule has 0 radical (unpaired) electrons. The first kappa shape index (κ1) is 16.2. The lowest BCUT2D eigenvalue weighted by Crippen LogP contribution is -2.16. The summed E-state index contributed by atoms with van der Waals surface area (Å²) in [5, 5.41) is 2.68. The van der Waals surface area contributed by atoms with Gasteiger partial charge in [-0.1, -0.05) is 0 Å². The molecule has 0 atom stereocenters. The lowest BCUT2D eigenvalue weighted by Gasteiger charge is -2.13. The molecule has 0 spiro atoms. The topological polar surface area (TPSA) is 60.5 Å². The van der Waals surface area contributed by atoms with Crippen molar-refractivity contribution in [2.45, 2.75) is 13.1 Å². The Labute approximate surface area is 114 Å². The first-order chi connectivity index (χ1) is 9.40. The fourth-order valence-corrected chi connectivity index (χ4v) is 1.40. The maximum atomic E-state index is 12.6. The summed E-state index contributed by atoms with van der Waals surface area (Å²) >= 11 is 0. The van der Waals surface area contributed by atoms with E-state index in [4.69, 9.17) is 9.47 Å². The molecule has 0 saturated carbocycles. The molecule has 0 aliphatic rings. The summed E-state index contributed by atoms with van der Waals surface area (Å²) in [5.41, 5.74) is -1.16. The smallest absolute Gasteiger partial charge is 0.417 e. The van der Waals surface area contributed by atoms with E-state index in [-0.39, 0.29) is 31.1 Å². The molecule has 0 unspecified atom stereocenters. The van der Waals surface area contributed by atoms with Crippen LogP contribution < -0.4 is 5.32 Å². The van der Waals surface area contributed by atoms with Crippen molar-refractivity contribution in [1.29, 1.82) is 0 Å². The molecule has 5 nitrogen and oxygen atoms in total. The van der Waals surface area contributed by atoms with Crippen LogP contribution in [0.3, 0.4) is 0 Å². The minimum Gasteiger partial charge on any atom is -0.461 e. The first-order valence-electron chi connectivity index (χ1n) is 5.87. The van der Waals surface area contributed by atoms with Crippen LogP contribution in [0.2, 0.25) is 0 Å². The molecule has 0 aromatic carbocycles. The van der Waals surface area contributed by atoms with Crippen molar-refractivity contribution < 1.29 is 27.4 Å². The molecule has 0 bridgehead atoms. The van der Waals surface area contributed by atoms with Gasteiger partial charge in [0.15, 0.2) is 5.69 Å². The highest BCUT2D eigenvalue weighted by Gasteiger charge is 2.32. The maximum absolute atomic E-state index is 12.6. The second-order valence-electron chi connectivity index (χ2n) is 3.76. The van der Waals surface area contributed by atoms with E-state index in [1.807, 2.05) is 0 Å². The predicted octanol–water partition coefficient (Wildman–Crippen LogP) is 2.34. The quantitative estimate of drug-likeness (QED) is 0.644. The molecule has 1 heterocycles. The highest BCUT2D eigenvalue weighted by molar-refractivity contribution is 5.93. The fourth-order valence-electron chi connectivity index (χ4n) is 1.40. The number of halogens is 3. The minimum absolute atomic E-state index is 0.0321. The van der Waals surface area contributed by atoms with Gasteiger partial charge in [0.05, 0.1) is 24.5 Å². The molecule has 0 saturated heterocycles. The van der Waals surface area contributed by atoms with Crippen LogP contribution in [0.25, 0.3) is 0 Å². The number of hydrogen-bond donors (Lipinski definition) is 1. The third-order valence-electron chi connectivity index (χ3n) is 2.31. The number of ether oxygens (including phenoxy) is 2. The molecule has 0 amide bonds. The van der Waals surface area contributed by atoms with Gasteiger partial charge in [-0.15, -0.1) is 0 Å². The second kappa shape index (κ2) is 7.09. The molecule has 0 aliphatic carbocycles. The number of anilines is 1. The number of hydrogen-bond acceptors (Lipinski definition) is 5. The van der Waals surface area contributed by atoms with E-state index < -0.39 is 17.7 Å². The molecule has 20 heavy (non-hydrogen) atoms. The third kappa shape index (κ3) is 4.37. The Balaban J connectivity index is 3.06. The van der Waals surface area contributed by atoms with Crippen LogP contribution in [0.5, 0.6) is 0 Å². The average molecular weight is 292 g/mol. The van der Waals surface area contributed by atoms with Crippen LogP contribution in [0, 0.1) is 0 Å². The second-order valence-corrected chi connectivity index (χ2v) is 3.76. The van der Waals surface area contributed by atoms with Crippen molar-refractivity contribution in [2.75, 3.05) is 32.2 Å². The summed E-state index contributed by atoms with van der Waals surface area (Å²) in [5.74, 6) is -0.777. The van der Waals surface area contributed by atoms with Gasteiger partial charge in [0, 0.05) is 19.9 Å². The monoisotopic (exact) mass is 292 g/mol. The number of aromatic nitrogens is 1. The first-order valence-corrected chi connectivity index (χ1v) is 5.87. The molecule has 8 heteroatoms. The Bertz CT molecular complexity index is 464. The summed E-state index contributed by atoms with van der Waals surface area (Å²) in [6, 6.07) is 0.828. The van der Waals surface area contributed by atoms with Gasteiger partial charge in [-0.2, -0.15) is 13.2 Å². The third-order valence-corrected chi connectivity index (χ3v) is 2.31. The molecule has 112 valence electrons. The zero-order valence-corrected chi connectivity index (χ0v) is 11.1. The van der Waals surface area contributed by atoms with Crippen LogP contribution >= 0.6 is 0 Å². The number of nitrogens with zero attached hydrogens (tertiary/aromatic N) is 1.